The van der Waals surface area contributed by atoms with Gasteiger partial charge in [0.25, 0.3) is 0 Å². The van der Waals surface area contributed by atoms with Crippen LogP contribution in [0.4, 0.5) is 4.39 Å². The molecule has 25 heavy (non-hydrogen) atoms. The molecule has 0 fully saturated rings. The van der Waals surface area contributed by atoms with Gasteiger partial charge in [-0.2, -0.15) is 0 Å². The molecule has 0 radical (unpaired) electrons. The normalized spacial score (nSPS) is 12.0. The second-order valence-electron chi connectivity index (χ2n) is 5.57. The highest BCUT2D eigenvalue weighted by atomic mass is 127. The molecule has 1 amide bonds. The molecule has 142 valence electrons. The minimum absolute atomic E-state index is 0. The topological polar surface area (TPSA) is 66.0 Å². The van der Waals surface area contributed by atoms with Crippen LogP contribution in [0.15, 0.2) is 29.3 Å². The zero-order chi connectivity index (χ0) is 17.9. The van der Waals surface area contributed by atoms with Crippen molar-refractivity contribution in [3.8, 4) is 5.75 Å². The van der Waals surface area contributed by atoms with Gasteiger partial charge in [0.15, 0.2) is 5.96 Å². The predicted octanol–water partition coefficient (Wildman–Crippen LogP) is 2.24. The molecule has 0 aliphatic heterocycles. The average molecular weight is 466 g/mol. The van der Waals surface area contributed by atoms with Crippen LogP contribution in [0.3, 0.4) is 0 Å². The summed E-state index contributed by atoms with van der Waals surface area (Å²) >= 11 is 0. The monoisotopic (exact) mass is 466 g/mol. The molecule has 1 aromatic carbocycles. The van der Waals surface area contributed by atoms with Crippen LogP contribution in [-0.2, 0) is 4.79 Å². The molecule has 1 aromatic rings. The van der Waals surface area contributed by atoms with Crippen LogP contribution in [0.25, 0.3) is 0 Å². The Bertz CT molecular complexity index is 538. The van der Waals surface area contributed by atoms with Crippen molar-refractivity contribution in [2.75, 3.05) is 33.7 Å². The fraction of sp³-hybridized carbons (Fsp3) is 0.529. The summed E-state index contributed by atoms with van der Waals surface area (Å²) in [4.78, 5) is 17.6. The van der Waals surface area contributed by atoms with Gasteiger partial charge in [-0.3, -0.25) is 4.79 Å². The molecule has 6 nitrogen and oxygen atoms in total. The lowest BCUT2D eigenvalue weighted by atomic mass is 10.3. The first-order chi connectivity index (χ1) is 11.4. The number of nitrogens with one attached hydrogen (secondary N) is 2. The van der Waals surface area contributed by atoms with Gasteiger partial charge in [-0.25, -0.2) is 9.38 Å². The van der Waals surface area contributed by atoms with Crippen molar-refractivity contribution in [1.29, 1.82) is 0 Å². The molecule has 0 saturated heterocycles. The third-order valence-corrected chi connectivity index (χ3v) is 3.13. The summed E-state index contributed by atoms with van der Waals surface area (Å²) in [5, 5.41) is 6.24. The highest BCUT2D eigenvalue weighted by molar-refractivity contribution is 14.0. The van der Waals surface area contributed by atoms with E-state index in [-0.39, 0.29) is 41.8 Å². The quantitative estimate of drug-likeness (QED) is 0.351. The number of guanidine groups is 1. The summed E-state index contributed by atoms with van der Waals surface area (Å²) in [6, 6.07) is 5.90. The van der Waals surface area contributed by atoms with Crippen molar-refractivity contribution in [3.05, 3.63) is 30.1 Å². The molecular formula is C17H28FIN4O2. The standard InChI is InChI=1S/C17H27FN4O2.HI/c1-5-19-17(20-11-10-16(23)22(3)4)21-12-13(2)24-15-8-6-14(18)7-9-15;/h6-9,13H,5,10-12H2,1-4H3,(H2,19,20,21);1H. The van der Waals surface area contributed by atoms with E-state index in [0.29, 0.717) is 31.2 Å². The lowest BCUT2D eigenvalue weighted by molar-refractivity contribution is -0.128. The van der Waals surface area contributed by atoms with E-state index in [0.717, 1.165) is 6.54 Å². The Kier molecular flexibility index (Phi) is 11.9. The number of halogens is 2. The SMILES string of the molecule is CCNC(=NCC(C)Oc1ccc(F)cc1)NCCC(=O)N(C)C.I. The van der Waals surface area contributed by atoms with E-state index >= 15 is 0 Å². The number of amides is 1. The second kappa shape index (κ2) is 12.7. The molecule has 1 atom stereocenters. The Morgan fingerprint density at radius 1 is 1.28 bits per heavy atom. The molecule has 2 N–H and O–H groups in total. The first kappa shape index (κ1) is 23.4. The number of rotatable bonds is 8. The van der Waals surface area contributed by atoms with Gasteiger partial charge in [0.2, 0.25) is 5.91 Å². The Morgan fingerprint density at radius 2 is 1.92 bits per heavy atom. The number of carbonyl (C=O) groups excluding carboxylic acids is 1. The third kappa shape index (κ3) is 10.1. The number of aliphatic imine (C=N–C) groups is 1. The van der Waals surface area contributed by atoms with Crippen molar-refractivity contribution < 1.29 is 13.9 Å². The van der Waals surface area contributed by atoms with Gasteiger partial charge in [-0.1, -0.05) is 0 Å². The number of ether oxygens (including phenoxy) is 1. The van der Waals surface area contributed by atoms with Gasteiger partial charge in [-0.05, 0) is 38.1 Å². The van der Waals surface area contributed by atoms with Crippen molar-refractivity contribution in [2.45, 2.75) is 26.4 Å². The summed E-state index contributed by atoms with van der Waals surface area (Å²) in [5.74, 6) is 1.01. The molecule has 1 unspecified atom stereocenters. The maximum Gasteiger partial charge on any atom is 0.223 e. The van der Waals surface area contributed by atoms with Gasteiger partial charge < -0.3 is 20.3 Å². The van der Waals surface area contributed by atoms with E-state index in [1.165, 1.54) is 12.1 Å². The van der Waals surface area contributed by atoms with Crippen LogP contribution in [-0.4, -0.2) is 56.6 Å². The van der Waals surface area contributed by atoms with E-state index in [9.17, 15) is 9.18 Å². The number of nitrogens with zero attached hydrogens (tertiary/aromatic N) is 2. The van der Waals surface area contributed by atoms with Crippen molar-refractivity contribution in [2.24, 2.45) is 4.99 Å². The van der Waals surface area contributed by atoms with Crippen molar-refractivity contribution >= 4 is 35.8 Å². The van der Waals surface area contributed by atoms with Gasteiger partial charge in [0.1, 0.15) is 17.7 Å². The molecule has 0 heterocycles. The van der Waals surface area contributed by atoms with E-state index in [1.807, 2.05) is 13.8 Å². The van der Waals surface area contributed by atoms with Crippen LogP contribution in [0.5, 0.6) is 5.75 Å². The minimum Gasteiger partial charge on any atom is -0.489 e. The zero-order valence-electron chi connectivity index (χ0n) is 15.2. The molecule has 0 aromatic heterocycles. The summed E-state index contributed by atoms with van der Waals surface area (Å²) < 4.78 is 18.5. The van der Waals surface area contributed by atoms with Gasteiger partial charge in [0.05, 0.1) is 6.54 Å². The lowest BCUT2D eigenvalue weighted by Crippen LogP contribution is -2.39. The molecule has 0 aliphatic carbocycles. The summed E-state index contributed by atoms with van der Waals surface area (Å²) in [6.45, 7) is 5.54. The molecule has 0 spiro atoms. The van der Waals surface area contributed by atoms with E-state index in [1.54, 1.807) is 31.1 Å². The second-order valence-corrected chi connectivity index (χ2v) is 5.57. The Morgan fingerprint density at radius 3 is 2.48 bits per heavy atom. The van der Waals surface area contributed by atoms with Crippen LogP contribution >= 0.6 is 24.0 Å². The lowest BCUT2D eigenvalue weighted by Gasteiger charge is -2.16. The maximum absolute atomic E-state index is 12.9. The fourth-order valence-corrected chi connectivity index (χ4v) is 1.86. The fourth-order valence-electron chi connectivity index (χ4n) is 1.86. The predicted molar refractivity (Wildman–Crippen MR) is 109 cm³/mol. The molecular weight excluding hydrogens is 438 g/mol. The average Bonchev–Trinajstić information content (AvgIpc) is 2.54. The van der Waals surface area contributed by atoms with Gasteiger partial charge >= 0.3 is 0 Å². The van der Waals surface area contributed by atoms with Gasteiger partial charge in [-0.15, -0.1) is 24.0 Å². The number of hydrogen-bond acceptors (Lipinski definition) is 3. The summed E-state index contributed by atoms with van der Waals surface area (Å²) in [5.41, 5.74) is 0. The molecule has 0 bridgehead atoms. The highest BCUT2D eigenvalue weighted by Crippen LogP contribution is 2.12. The van der Waals surface area contributed by atoms with Crippen LogP contribution < -0.4 is 15.4 Å². The number of benzene rings is 1. The van der Waals surface area contributed by atoms with E-state index < -0.39 is 0 Å². The van der Waals surface area contributed by atoms with E-state index in [2.05, 4.69) is 15.6 Å². The number of carbonyl (C=O) groups is 1. The molecule has 0 aliphatic rings. The van der Waals surface area contributed by atoms with Crippen LogP contribution in [0, 0.1) is 5.82 Å². The minimum atomic E-state index is -0.293. The first-order valence-electron chi connectivity index (χ1n) is 8.07. The Labute approximate surface area is 166 Å². The molecule has 0 saturated carbocycles. The number of hydrogen-bond donors (Lipinski definition) is 2. The smallest absolute Gasteiger partial charge is 0.223 e. The van der Waals surface area contributed by atoms with Crippen molar-refractivity contribution in [1.82, 2.24) is 15.5 Å². The zero-order valence-corrected chi connectivity index (χ0v) is 17.5. The maximum atomic E-state index is 12.9. The van der Waals surface area contributed by atoms with Crippen LogP contribution in [0.1, 0.15) is 20.3 Å². The summed E-state index contributed by atoms with van der Waals surface area (Å²) in [6.07, 6.45) is 0.244. The van der Waals surface area contributed by atoms with E-state index in [4.69, 9.17) is 4.74 Å². The van der Waals surface area contributed by atoms with Crippen molar-refractivity contribution in [3.63, 3.8) is 0 Å². The third-order valence-electron chi connectivity index (χ3n) is 3.13. The largest absolute Gasteiger partial charge is 0.489 e. The first-order valence-corrected chi connectivity index (χ1v) is 8.07. The molecule has 1 rings (SSSR count). The Hall–Kier alpha value is -1.58. The highest BCUT2D eigenvalue weighted by Gasteiger charge is 2.06. The van der Waals surface area contributed by atoms with Crippen LogP contribution in [0.2, 0.25) is 0 Å². The van der Waals surface area contributed by atoms with Gasteiger partial charge in [0, 0.05) is 33.6 Å². The molecule has 8 heteroatoms. The Balaban J connectivity index is 0.00000576. The summed E-state index contributed by atoms with van der Waals surface area (Å²) in [7, 11) is 3.46.